The fraction of sp³-hybridized carbons (Fsp3) is 0.333. The lowest BCUT2D eigenvalue weighted by Crippen LogP contribution is -2.11. The smallest absolute Gasteiger partial charge is 0.203 e. The largest absolute Gasteiger partial charge is 0.493 e. The molecule has 7 nitrogen and oxygen atoms in total. The number of benzene rings is 1. The van der Waals surface area contributed by atoms with Gasteiger partial charge in [-0.25, -0.2) is 0 Å². The maximum atomic E-state index is 12.9. The van der Waals surface area contributed by atoms with Crippen molar-refractivity contribution >= 4 is 40.0 Å². The number of aromatic nitrogens is 2. The van der Waals surface area contributed by atoms with Crippen molar-refractivity contribution < 1.29 is 19.0 Å². The fourth-order valence-electron chi connectivity index (χ4n) is 2.68. The first kappa shape index (κ1) is 19.4. The van der Waals surface area contributed by atoms with Crippen molar-refractivity contribution in [3.05, 3.63) is 32.6 Å². The maximum Gasteiger partial charge on any atom is 0.203 e. The van der Waals surface area contributed by atoms with Crippen molar-refractivity contribution in [2.45, 2.75) is 19.3 Å². The number of nitrogens with zero attached hydrogens (tertiary/aromatic N) is 2. The summed E-state index contributed by atoms with van der Waals surface area (Å²) >= 11 is 2.53. The van der Waals surface area contributed by atoms with E-state index in [9.17, 15) is 4.79 Å². The zero-order chi connectivity index (χ0) is 19.6. The Hall–Kier alpha value is -2.39. The van der Waals surface area contributed by atoms with Gasteiger partial charge in [-0.1, -0.05) is 18.7 Å². The number of methoxy groups -OCH3 is 3. The van der Waals surface area contributed by atoms with Crippen LogP contribution in [0.4, 0.5) is 0 Å². The molecule has 27 heavy (non-hydrogen) atoms. The number of hydrogen-bond acceptors (Lipinski definition) is 9. The SMILES string of the molecule is CCc1nnc([C@H]2C(=N)S/C(=C\c3cc(OC)c(OC)c(OC)c3)C2=O)s1. The molecule has 1 saturated heterocycles. The lowest BCUT2D eigenvalue weighted by Gasteiger charge is -2.13. The summed E-state index contributed by atoms with van der Waals surface area (Å²) < 4.78 is 16.0. The number of ketones is 1. The number of carbonyl (C=O) groups is 1. The maximum absolute atomic E-state index is 12.9. The molecule has 142 valence electrons. The number of rotatable bonds is 6. The van der Waals surface area contributed by atoms with E-state index in [0.717, 1.165) is 28.8 Å². The van der Waals surface area contributed by atoms with Crippen LogP contribution in [0.25, 0.3) is 6.08 Å². The molecule has 1 N–H and O–H groups in total. The summed E-state index contributed by atoms with van der Waals surface area (Å²) in [6.45, 7) is 1.98. The number of carbonyl (C=O) groups excluding carboxylic acids is 1. The van der Waals surface area contributed by atoms with Gasteiger partial charge in [0.2, 0.25) is 5.75 Å². The second kappa shape index (κ2) is 8.10. The molecular weight excluding hydrogens is 386 g/mol. The lowest BCUT2D eigenvalue weighted by molar-refractivity contribution is -0.114. The van der Waals surface area contributed by atoms with Gasteiger partial charge < -0.3 is 14.2 Å². The Labute approximate surface area is 165 Å². The number of nitrogens with one attached hydrogen (secondary N) is 1. The average Bonchev–Trinajstić information content (AvgIpc) is 3.25. The van der Waals surface area contributed by atoms with Crippen LogP contribution in [0.15, 0.2) is 17.0 Å². The van der Waals surface area contributed by atoms with E-state index in [1.54, 1.807) is 18.2 Å². The van der Waals surface area contributed by atoms with Gasteiger partial charge in [0.05, 0.1) is 31.3 Å². The normalized spacial score (nSPS) is 18.2. The highest BCUT2D eigenvalue weighted by Crippen LogP contribution is 2.43. The van der Waals surface area contributed by atoms with E-state index in [4.69, 9.17) is 19.6 Å². The minimum Gasteiger partial charge on any atom is -0.493 e. The number of allylic oxidation sites excluding steroid dienone is 1. The fourth-order valence-corrected chi connectivity index (χ4v) is 4.63. The number of hydrogen-bond donors (Lipinski definition) is 1. The Balaban J connectivity index is 1.96. The predicted octanol–water partition coefficient (Wildman–Crippen LogP) is 3.54. The summed E-state index contributed by atoms with van der Waals surface area (Å²) in [5.74, 6) is 0.683. The first-order chi connectivity index (χ1) is 13.0. The average molecular weight is 406 g/mol. The molecule has 1 aromatic carbocycles. The number of ether oxygens (including phenoxy) is 3. The van der Waals surface area contributed by atoms with Crippen molar-refractivity contribution in [1.82, 2.24) is 10.2 Å². The second-order valence-corrected chi connectivity index (χ2v) is 7.80. The molecular formula is C18H19N3O4S2. The molecule has 1 fully saturated rings. The molecule has 2 heterocycles. The molecule has 1 aliphatic heterocycles. The highest BCUT2D eigenvalue weighted by Gasteiger charge is 2.39. The molecule has 0 saturated carbocycles. The Bertz CT molecular complexity index is 898. The van der Waals surface area contributed by atoms with Crippen LogP contribution >= 0.6 is 23.1 Å². The van der Waals surface area contributed by atoms with Gasteiger partial charge in [0.25, 0.3) is 0 Å². The topological polar surface area (TPSA) is 94.4 Å². The summed E-state index contributed by atoms with van der Waals surface area (Å²) in [4.78, 5) is 13.4. The minimum atomic E-state index is -0.666. The molecule has 0 radical (unpaired) electrons. The summed E-state index contributed by atoms with van der Waals surface area (Å²) in [6.07, 6.45) is 2.49. The van der Waals surface area contributed by atoms with E-state index in [2.05, 4.69) is 10.2 Å². The van der Waals surface area contributed by atoms with E-state index in [-0.39, 0.29) is 10.8 Å². The van der Waals surface area contributed by atoms with E-state index in [1.165, 1.54) is 32.7 Å². The molecule has 2 aromatic rings. The quantitative estimate of drug-likeness (QED) is 0.735. The summed E-state index contributed by atoms with van der Waals surface area (Å²) in [7, 11) is 4.61. The molecule has 1 aliphatic rings. The molecule has 0 aliphatic carbocycles. The Morgan fingerprint density at radius 2 is 1.81 bits per heavy atom. The molecule has 1 aromatic heterocycles. The first-order valence-electron chi connectivity index (χ1n) is 8.16. The van der Waals surface area contributed by atoms with Gasteiger partial charge in [0.15, 0.2) is 17.3 Å². The van der Waals surface area contributed by atoms with Crippen molar-refractivity contribution in [3.63, 3.8) is 0 Å². The minimum absolute atomic E-state index is 0.141. The van der Waals surface area contributed by atoms with E-state index in [0.29, 0.717) is 27.2 Å². The van der Waals surface area contributed by atoms with Crippen LogP contribution in [-0.2, 0) is 11.2 Å². The van der Waals surface area contributed by atoms with Crippen LogP contribution in [0.5, 0.6) is 17.2 Å². The molecule has 1 atom stereocenters. The number of Topliss-reactive ketones (excluding diaryl/α,β-unsaturated/α-hetero) is 1. The van der Waals surface area contributed by atoms with Gasteiger partial charge in [-0.2, -0.15) is 0 Å². The van der Waals surface area contributed by atoms with Crippen LogP contribution < -0.4 is 14.2 Å². The highest BCUT2D eigenvalue weighted by molar-refractivity contribution is 8.19. The van der Waals surface area contributed by atoms with Gasteiger partial charge in [-0.05, 0) is 30.2 Å². The number of aryl methyl sites for hydroxylation is 1. The third-order valence-corrected chi connectivity index (χ3v) is 6.13. The van der Waals surface area contributed by atoms with Crippen LogP contribution in [0, 0.1) is 5.41 Å². The predicted molar refractivity (Wildman–Crippen MR) is 106 cm³/mol. The van der Waals surface area contributed by atoms with E-state index in [1.807, 2.05) is 6.92 Å². The van der Waals surface area contributed by atoms with Crippen LogP contribution in [0.2, 0.25) is 0 Å². The van der Waals surface area contributed by atoms with Gasteiger partial charge in [0.1, 0.15) is 15.9 Å². The molecule has 0 amide bonds. The first-order valence-corrected chi connectivity index (χ1v) is 9.80. The van der Waals surface area contributed by atoms with Crippen molar-refractivity contribution in [3.8, 4) is 17.2 Å². The van der Waals surface area contributed by atoms with E-state index >= 15 is 0 Å². The molecule has 0 spiro atoms. The van der Waals surface area contributed by atoms with Crippen LogP contribution in [0.3, 0.4) is 0 Å². The molecule has 9 heteroatoms. The summed E-state index contributed by atoms with van der Waals surface area (Å²) in [5.41, 5.74) is 0.723. The lowest BCUT2D eigenvalue weighted by atomic mass is 10.0. The number of thioether (sulfide) groups is 1. The van der Waals surface area contributed by atoms with Gasteiger partial charge in [-0.3, -0.25) is 10.2 Å². The second-order valence-electron chi connectivity index (χ2n) is 5.62. The highest BCUT2D eigenvalue weighted by atomic mass is 32.2. The zero-order valence-corrected chi connectivity index (χ0v) is 17.0. The van der Waals surface area contributed by atoms with Crippen molar-refractivity contribution in [2.75, 3.05) is 21.3 Å². The Kier molecular flexibility index (Phi) is 5.81. The molecule has 0 bridgehead atoms. The van der Waals surface area contributed by atoms with E-state index < -0.39 is 5.92 Å². The monoisotopic (exact) mass is 405 g/mol. The Morgan fingerprint density at radius 3 is 2.33 bits per heavy atom. The third-order valence-electron chi connectivity index (χ3n) is 4.00. The van der Waals surface area contributed by atoms with Crippen molar-refractivity contribution in [1.29, 1.82) is 5.41 Å². The summed E-state index contributed by atoms with van der Waals surface area (Å²) in [6, 6.07) is 3.53. The molecule has 3 rings (SSSR count). The van der Waals surface area contributed by atoms with Crippen molar-refractivity contribution in [2.24, 2.45) is 0 Å². The van der Waals surface area contributed by atoms with Crippen LogP contribution in [0.1, 0.15) is 28.4 Å². The third kappa shape index (κ3) is 3.70. The summed E-state index contributed by atoms with van der Waals surface area (Å²) in [5, 5.41) is 18.1. The Morgan fingerprint density at radius 1 is 1.15 bits per heavy atom. The molecule has 0 unspecified atom stereocenters. The van der Waals surface area contributed by atoms with Gasteiger partial charge in [0, 0.05) is 0 Å². The standard InChI is InChI=1S/C18H19N3O4S2/c1-5-13-20-21-18(27-13)14-15(22)12(26-17(14)19)8-9-6-10(23-2)16(25-4)11(7-9)24-3/h6-8,14,19H,5H2,1-4H3/b12-8-,19-17?/t14-/m1/s1. The van der Waals surface area contributed by atoms with Crippen LogP contribution in [-0.4, -0.2) is 42.4 Å². The zero-order valence-electron chi connectivity index (χ0n) is 15.4. The van der Waals surface area contributed by atoms with Gasteiger partial charge in [-0.15, -0.1) is 21.5 Å². The van der Waals surface area contributed by atoms with Gasteiger partial charge >= 0.3 is 0 Å².